The highest BCUT2D eigenvalue weighted by molar-refractivity contribution is 7.11. The molecule has 0 radical (unpaired) electrons. The average molecular weight is 254 g/mol. The largest absolute Gasteiger partial charge is 0.384 e. The van der Waals surface area contributed by atoms with Gasteiger partial charge in [0.2, 0.25) is 0 Å². The van der Waals surface area contributed by atoms with Crippen molar-refractivity contribution in [1.82, 2.24) is 10.3 Å². The summed E-state index contributed by atoms with van der Waals surface area (Å²) in [6, 6.07) is 0.343. The maximum atomic E-state index is 5.27. The van der Waals surface area contributed by atoms with Crippen LogP contribution in [0.4, 0.5) is 0 Å². The Morgan fingerprint density at radius 2 is 2.29 bits per heavy atom. The van der Waals surface area contributed by atoms with Crippen molar-refractivity contribution in [2.45, 2.75) is 39.2 Å². The number of thiazole rings is 1. The van der Waals surface area contributed by atoms with Gasteiger partial charge in [0.1, 0.15) is 5.01 Å². The van der Waals surface area contributed by atoms with E-state index in [1.807, 2.05) is 11.3 Å². The van der Waals surface area contributed by atoms with Gasteiger partial charge < -0.3 is 10.1 Å². The number of methoxy groups -OCH3 is 1. The molecule has 0 amide bonds. The van der Waals surface area contributed by atoms with Gasteiger partial charge in [0, 0.05) is 17.9 Å². The standard InChI is InChI=1S/C13H22N2OS/c1-4-14-12(9(2)8-16-3)13-15-10-6-5-7-11(10)17-13/h9,12,14H,4-8H2,1-3H3. The van der Waals surface area contributed by atoms with Crippen LogP contribution in [-0.4, -0.2) is 25.2 Å². The van der Waals surface area contributed by atoms with Crippen molar-refractivity contribution >= 4 is 11.3 Å². The van der Waals surface area contributed by atoms with Crippen LogP contribution in [0.25, 0.3) is 0 Å². The van der Waals surface area contributed by atoms with E-state index in [0.29, 0.717) is 12.0 Å². The van der Waals surface area contributed by atoms with Gasteiger partial charge in [-0.3, -0.25) is 0 Å². The van der Waals surface area contributed by atoms with Gasteiger partial charge in [-0.2, -0.15) is 0 Å². The topological polar surface area (TPSA) is 34.2 Å². The van der Waals surface area contributed by atoms with E-state index < -0.39 is 0 Å². The maximum Gasteiger partial charge on any atom is 0.110 e. The zero-order valence-electron chi connectivity index (χ0n) is 11.0. The summed E-state index contributed by atoms with van der Waals surface area (Å²) >= 11 is 1.90. The van der Waals surface area contributed by atoms with Gasteiger partial charge in [0.15, 0.2) is 0 Å². The van der Waals surface area contributed by atoms with Crippen LogP contribution < -0.4 is 5.32 Å². The normalized spacial score (nSPS) is 18.1. The summed E-state index contributed by atoms with van der Waals surface area (Å²) in [6.07, 6.45) is 3.68. The van der Waals surface area contributed by atoms with Crippen molar-refractivity contribution in [3.8, 4) is 0 Å². The van der Waals surface area contributed by atoms with Crippen LogP contribution in [0.2, 0.25) is 0 Å². The minimum absolute atomic E-state index is 0.343. The molecule has 0 saturated carbocycles. The van der Waals surface area contributed by atoms with Gasteiger partial charge in [0.05, 0.1) is 18.3 Å². The molecule has 1 heterocycles. The van der Waals surface area contributed by atoms with Crippen LogP contribution in [-0.2, 0) is 17.6 Å². The number of hydrogen-bond donors (Lipinski definition) is 1. The molecule has 2 atom stereocenters. The lowest BCUT2D eigenvalue weighted by Gasteiger charge is -2.22. The fourth-order valence-corrected chi connectivity index (χ4v) is 3.82. The number of ether oxygens (including phenoxy) is 1. The first kappa shape index (κ1) is 13.0. The molecule has 3 nitrogen and oxygen atoms in total. The molecular formula is C13H22N2OS. The summed E-state index contributed by atoms with van der Waals surface area (Å²) in [5.74, 6) is 0.464. The van der Waals surface area contributed by atoms with Gasteiger partial charge in [0.25, 0.3) is 0 Å². The van der Waals surface area contributed by atoms with Gasteiger partial charge in [-0.1, -0.05) is 13.8 Å². The molecule has 1 aromatic heterocycles. The van der Waals surface area contributed by atoms with Crippen LogP contribution in [0.3, 0.4) is 0 Å². The summed E-state index contributed by atoms with van der Waals surface area (Å²) in [7, 11) is 1.77. The molecule has 1 aliphatic rings. The molecule has 17 heavy (non-hydrogen) atoms. The van der Waals surface area contributed by atoms with E-state index in [-0.39, 0.29) is 0 Å². The highest BCUT2D eigenvalue weighted by Gasteiger charge is 2.25. The number of aromatic nitrogens is 1. The molecule has 1 aromatic rings. The Labute approximate surface area is 108 Å². The quantitative estimate of drug-likeness (QED) is 0.847. The van der Waals surface area contributed by atoms with E-state index in [1.54, 1.807) is 7.11 Å². The van der Waals surface area contributed by atoms with Gasteiger partial charge in [-0.25, -0.2) is 4.98 Å². The Morgan fingerprint density at radius 3 is 2.94 bits per heavy atom. The monoisotopic (exact) mass is 254 g/mol. The molecule has 2 unspecified atom stereocenters. The number of aryl methyl sites for hydroxylation is 2. The second-order valence-electron chi connectivity index (χ2n) is 4.74. The zero-order chi connectivity index (χ0) is 12.3. The SMILES string of the molecule is CCNC(c1nc2c(s1)CCC2)C(C)COC. The first-order valence-corrected chi connectivity index (χ1v) is 7.28. The molecule has 0 aromatic carbocycles. The van der Waals surface area contributed by atoms with Crippen molar-refractivity contribution in [3.05, 3.63) is 15.6 Å². The van der Waals surface area contributed by atoms with Gasteiger partial charge in [-0.05, 0) is 25.8 Å². The van der Waals surface area contributed by atoms with Crippen molar-refractivity contribution in [2.24, 2.45) is 5.92 Å². The van der Waals surface area contributed by atoms with Crippen molar-refractivity contribution in [3.63, 3.8) is 0 Å². The maximum absolute atomic E-state index is 5.27. The van der Waals surface area contributed by atoms with E-state index in [4.69, 9.17) is 9.72 Å². The van der Waals surface area contributed by atoms with E-state index in [1.165, 1.54) is 34.8 Å². The van der Waals surface area contributed by atoms with Crippen LogP contribution in [0.15, 0.2) is 0 Å². The van der Waals surface area contributed by atoms with Crippen molar-refractivity contribution in [1.29, 1.82) is 0 Å². The fraction of sp³-hybridized carbons (Fsp3) is 0.769. The lowest BCUT2D eigenvalue weighted by molar-refractivity contribution is 0.139. The number of hydrogen-bond acceptors (Lipinski definition) is 4. The second-order valence-corrected chi connectivity index (χ2v) is 5.86. The second kappa shape index (κ2) is 5.94. The lowest BCUT2D eigenvalue weighted by Crippen LogP contribution is -2.29. The molecule has 4 heteroatoms. The predicted molar refractivity (Wildman–Crippen MR) is 71.6 cm³/mol. The zero-order valence-corrected chi connectivity index (χ0v) is 11.8. The van der Waals surface area contributed by atoms with E-state index in [2.05, 4.69) is 19.2 Å². The number of fused-ring (bicyclic) bond motifs is 1. The first-order valence-electron chi connectivity index (χ1n) is 6.47. The molecule has 96 valence electrons. The van der Waals surface area contributed by atoms with Gasteiger partial charge in [-0.15, -0.1) is 11.3 Å². The first-order chi connectivity index (χ1) is 8.26. The molecular weight excluding hydrogens is 232 g/mol. The van der Waals surface area contributed by atoms with Crippen molar-refractivity contribution in [2.75, 3.05) is 20.3 Å². The molecule has 0 saturated heterocycles. The number of rotatable bonds is 6. The highest BCUT2D eigenvalue weighted by atomic mass is 32.1. The third-order valence-electron chi connectivity index (χ3n) is 3.30. The highest BCUT2D eigenvalue weighted by Crippen LogP contribution is 2.33. The van der Waals surface area contributed by atoms with E-state index in [0.717, 1.165) is 13.2 Å². The molecule has 0 bridgehead atoms. The fourth-order valence-electron chi connectivity index (χ4n) is 2.45. The number of nitrogens with one attached hydrogen (secondary N) is 1. The van der Waals surface area contributed by atoms with E-state index in [9.17, 15) is 0 Å². The Bertz CT molecular complexity index is 343. The van der Waals surface area contributed by atoms with Crippen LogP contribution in [0.1, 0.15) is 41.9 Å². The Kier molecular flexibility index (Phi) is 4.54. The molecule has 1 N–H and O–H groups in total. The summed E-state index contributed by atoms with van der Waals surface area (Å²) in [5.41, 5.74) is 1.34. The molecule has 0 fully saturated rings. The summed E-state index contributed by atoms with van der Waals surface area (Å²) in [5, 5.41) is 4.79. The minimum Gasteiger partial charge on any atom is -0.384 e. The summed E-state index contributed by atoms with van der Waals surface area (Å²) in [6.45, 7) is 6.13. The van der Waals surface area contributed by atoms with Crippen LogP contribution >= 0.6 is 11.3 Å². The van der Waals surface area contributed by atoms with Gasteiger partial charge >= 0.3 is 0 Å². The Balaban J connectivity index is 2.13. The predicted octanol–water partition coefficient (Wildman–Crippen LogP) is 2.56. The van der Waals surface area contributed by atoms with E-state index >= 15 is 0 Å². The molecule has 2 rings (SSSR count). The third-order valence-corrected chi connectivity index (χ3v) is 4.54. The van der Waals surface area contributed by atoms with Crippen LogP contribution in [0.5, 0.6) is 0 Å². The minimum atomic E-state index is 0.343. The summed E-state index contributed by atoms with van der Waals surface area (Å²) < 4.78 is 5.27. The molecule has 0 aliphatic heterocycles. The molecule has 1 aliphatic carbocycles. The van der Waals surface area contributed by atoms with Crippen molar-refractivity contribution < 1.29 is 4.74 Å². The summed E-state index contributed by atoms with van der Waals surface area (Å²) in [4.78, 5) is 6.32. The third kappa shape index (κ3) is 2.87. The molecule has 0 spiro atoms. The number of nitrogens with zero attached hydrogens (tertiary/aromatic N) is 1. The average Bonchev–Trinajstić information content (AvgIpc) is 2.86. The smallest absolute Gasteiger partial charge is 0.110 e. The Morgan fingerprint density at radius 1 is 1.47 bits per heavy atom. The lowest BCUT2D eigenvalue weighted by atomic mass is 10.0. The Hall–Kier alpha value is -0.450. The van der Waals surface area contributed by atoms with Crippen LogP contribution in [0, 0.1) is 5.92 Å².